The normalized spacial score (nSPS) is 10.9. The Balaban J connectivity index is 1.92. The highest BCUT2D eigenvalue weighted by Gasteiger charge is 2.22. The van der Waals surface area contributed by atoms with Crippen LogP contribution in [0.4, 0.5) is 11.4 Å². The van der Waals surface area contributed by atoms with Crippen molar-refractivity contribution in [2.24, 2.45) is 0 Å². The van der Waals surface area contributed by atoms with Crippen LogP contribution < -0.4 is 20.5 Å². The van der Waals surface area contributed by atoms with Gasteiger partial charge in [0, 0.05) is 5.69 Å². The lowest BCUT2D eigenvalue weighted by Gasteiger charge is -2.23. The van der Waals surface area contributed by atoms with Gasteiger partial charge in [-0.2, -0.15) is 0 Å². The summed E-state index contributed by atoms with van der Waals surface area (Å²) in [4.78, 5) is 24.2. The van der Waals surface area contributed by atoms with Gasteiger partial charge in [0.25, 0.3) is 11.8 Å². The third-order valence-electron chi connectivity index (χ3n) is 4.23. The van der Waals surface area contributed by atoms with E-state index in [1.54, 1.807) is 31.2 Å². The largest absolute Gasteiger partial charge is 0.376 e. The summed E-state index contributed by atoms with van der Waals surface area (Å²) in [7, 11) is -3.68. The lowest BCUT2D eigenvalue weighted by molar-refractivity contribution is -0.127. The second kappa shape index (κ2) is 9.42. The Morgan fingerprint density at radius 3 is 2.21 bits per heavy atom. The maximum Gasteiger partial charge on any atom is 0.259 e. The average Bonchev–Trinajstić information content (AvgIpc) is 2.63. The van der Waals surface area contributed by atoms with Gasteiger partial charge in [0.15, 0.2) is 0 Å². The predicted octanol–water partition coefficient (Wildman–Crippen LogP) is 1.64. The molecular weight excluding hydrogens is 392 g/mol. The summed E-state index contributed by atoms with van der Waals surface area (Å²) in [5, 5.41) is 2.99. The minimum Gasteiger partial charge on any atom is -0.376 e. The standard InChI is InChI=1S/C20H26N4O4S/c1-14-9-10-17(16(3)11-14)21-12-19(25)22-23-20(26)13-24(29(4,27)28)18-8-6-5-7-15(18)2/h5-11,21H,12-13H2,1-4H3,(H,22,25)(H,23,26). The summed E-state index contributed by atoms with van der Waals surface area (Å²) < 4.78 is 25.2. The smallest absolute Gasteiger partial charge is 0.259 e. The number of hydrogen-bond donors (Lipinski definition) is 3. The highest BCUT2D eigenvalue weighted by molar-refractivity contribution is 7.92. The molecule has 0 spiro atoms. The van der Waals surface area contributed by atoms with Crippen LogP contribution in [0.15, 0.2) is 42.5 Å². The van der Waals surface area contributed by atoms with E-state index in [0.29, 0.717) is 11.3 Å². The Bertz CT molecular complexity index is 1010. The molecule has 2 aromatic carbocycles. The fourth-order valence-electron chi connectivity index (χ4n) is 2.77. The molecule has 0 atom stereocenters. The molecule has 2 rings (SSSR count). The molecule has 0 aromatic heterocycles. The van der Waals surface area contributed by atoms with Crippen molar-refractivity contribution in [3.8, 4) is 0 Å². The second-order valence-corrected chi connectivity index (χ2v) is 8.73. The van der Waals surface area contributed by atoms with Crippen molar-refractivity contribution < 1.29 is 18.0 Å². The first-order chi connectivity index (χ1) is 13.6. The van der Waals surface area contributed by atoms with Gasteiger partial charge in [0.1, 0.15) is 6.54 Å². The van der Waals surface area contributed by atoms with Crippen molar-refractivity contribution in [3.05, 3.63) is 59.2 Å². The van der Waals surface area contributed by atoms with Crippen LogP contribution >= 0.6 is 0 Å². The lowest BCUT2D eigenvalue weighted by Crippen LogP contribution is -2.49. The molecule has 0 radical (unpaired) electrons. The van der Waals surface area contributed by atoms with Crippen LogP contribution in [0, 0.1) is 20.8 Å². The molecule has 156 valence electrons. The molecule has 2 amide bonds. The molecule has 0 bridgehead atoms. The van der Waals surface area contributed by atoms with Crippen molar-refractivity contribution in [1.29, 1.82) is 0 Å². The van der Waals surface area contributed by atoms with E-state index in [1.165, 1.54) is 0 Å². The minimum atomic E-state index is -3.68. The number of aryl methyl sites for hydroxylation is 3. The van der Waals surface area contributed by atoms with Gasteiger partial charge in [-0.25, -0.2) is 8.42 Å². The summed E-state index contributed by atoms with van der Waals surface area (Å²) >= 11 is 0. The number of nitrogens with zero attached hydrogens (tertiary/aromatic N) is 1. The third kappa shape index (κ3) is 6.49. The number of carbonyl (C=O) groups is 2. The van der Waals surface area contributed by atoms with Crippen LogP contribution in [0.3, 0.4) is 0 Å². The monoisotopic (exact) mass is 418 g/mol. The molecule has 0 aliphatic carbocycles. The van der Waals surface area contributed by atoms with Crippen molar-refractivity contribution in [2.45, 2.75) is 20.8 Å². The number of nitrogens with one attached hydrogen (secondary N) is 3. The molecule has 0 unspecified atom stereocenters. The number of para-hydroxylation sites is 1. The van der Waals surface area contributed by atoms with Crippen LogP contribution in [-0.4, -0.2) is 39.6 Å². The lowest BCUT2D eigenvalue weighted by atomic mass is 10.1. The van der Waals surface area contributed by atoms with E-state index in [-0.39, 0.29) is 6.54 Å². The van der Waals surface area contributed by atoms with Gasteiger partial charge in [0.05, 0.1) is 18.5 Å². The minimum absolute atomic E-state index is 0.0439. The summed E-state index contributed by atoms with van der Waals surface area (Å²) in [6.45, 7) is 5.17. The number of hydrazine groups is 1. The van der Waals surface area contributed by atoms with Crippen molar-refractivity contribution in [1.82, 2.24) is 10.9 Å². The molecular formula is C20H26N4O4S. The maximum absolute atomic E-state index is 12.2. The number of anilines is 2. The maximum atomic E-state index is 12.2. The van der Waals surface area contributed by atoms with Gasteiger partial charge < -0.3 is 5.32 Å². The van der Waals surface area contributed by atoms with Gasteiger partial charge in [0.2, 0.25) is 10.0 Å². The van der Waals surface area contributed by atoms with Crippen LogP contribution in [0.2, 0.25) is 0 Å². The second-order valence-electron chi connectivity index (χ2n) is 6.82. The average molecular weight is 419 g/mol. The van der Waals surface area contributed by atoms with E-state index in [0.717, 1.165) is 27.4 Å². The molecule has 9 heteroatoms. The summed E-state index contributed by atoms with van der Waals surface area (Å²) in [5.41, 5.74) is 8.60. The highest BCUT2D eigenvalue weighted by atomic mass is 32.2. The number of hydrogen-bond acceptors (Lipinski definition) is 5. The van der Waals surface area contributed by atoms with Gasteiger partial charge in [-0.3, -0.25) is 24.7 Å². The molecule has 0 saturated carbocycles. The molecule has 0 saturated heterocycles. The SMILES string of the molecule is Cc1ccc(NCC(=O)NNC(=O)CN(c2ccccc2C)S(C)(=O)=O)c(C)c1. The van der Waals surface area contributed by atoms with Crippen LogP contribution in [0.25, 0.3) is 0 Å². The van der Waals surface area contributed by atoms with Crippen molar-refractivity contribution in [2.75, 3.05) is 29.0 Å². The quantitative estimate of drug-likeness (QED) is 0.593. The number of sulfonamides is 1. The number of rotatable bonds is 7. The van der Waals surface area contributed by atoms with E-state index in [2.05, 4.69) is 16.2 Å². The molecule has 0 aliphatic rings. The van der Waals surface area contributed by atoms with Crippen molar-refractivity contribution >= 4 is 33.2 Å². The number of amides is 2. The van der Waals surface area contributed by atoms with Gasteiger partial charge >= 0.3 is 0 Å². The Morgan fingerprint density at radius 2 is 1.59 bits per heavy atom. The van der Waals surface area contributed by atoms with Gasteiger partial charge in [-0.05, 0) is 44.0 Å². The van der Waals surface area contributed by atoms with Crippen LogP contribution in [-0.2, 0) is 19.6 Å². The van der Waals surface area contributed by atoms with E-state index < -0.39 is 28.4 Å². The summed E-state index contributed by atoms with van der Waals surface area (Å²) in [6.07, 6.45) is 1.03. The van der Waals surface area contributed by atoms with E-state index in [9.17, 15) is 18.0 Å². The van der Waals surface area contributed by atoms with Crippen LogP contribution in [0.1, 0.15) is 16.7 Å². The predicted molar refractivity (Wildman–Crippen MR) is 114 cm³/mol. The molecule has 8 nitrogen and oxygen atoms in total. The Hall–Kier alpha value is -3.07. The van der Waals surface area contributed by atoms with E-state index >= 15 is 0 Å². The molecule has 3 N–H and O–H groups in total. The number of benzene rings is 2. The third-order valence-corrected chi connectivity index (χ3v) is 5.36. The topological polar surface area (TPSA) is 108 Å². The summed E-state index contributed by atoms with van der Waals surface area (Å²) in [5.74, 6) is -1.11. The molecule has 0 heterocycles. The number of carbonyl (C=O) groups excluding carboxylic acids is 2. The molecule has 0 fully saturated rings. The zero-order valence-electron chi connectivity index (χ0n) is 16.9. The Morgan fingerprint density at radius 1 is 0.931 bits per heavy atom. The zero-order chi connectivity index (χ0) is 21.6. The fourth-order valence-corrected chi connectivity index (χ4v) is 3.68. The first kappa shape index (κ1) is 22.2. The molecule has 2 aromatic rings. The van der Waals surface area contributed by atoms with Crippen molar-refractivity contribution in [3.63, 3.8) is 0 Å². The Labute approximate surface area is 171 Å². The molecule has 29 heavy (non-hydrogen) atoms. The zero-order valence-corrected chi connectivity index (χ0v) is 17.8. The fraction of sp³-hybridized carbons (Fsp3) is 0.300. The first-order valence-electron chi connectivity index (χ1n) is 9.00. The van der Waals surface area contributed by atoms with Crippen LogP contribution in [0.5, 0.6) is 0 Å². The summed E-state index contributed by atoms with van der Waals surface area (Å²) in [6, 6.07) is 12.7. The highest BCUT2D eigenvalue weighted by Crippen LogP contribution is 2.21. The first-order valence-corrected chi connectivity index (χ1v) is 10.8. The van der Waals surface area contributed by atoms with Gasteiger partial charge in [-0.15, -0.1) is 0 Å². The van der Waals surface area contributed by atoms with Gasteiger partial charge in [-0.1, -0.05) is 35.9 Å². The molecule has 0 aliphatic heterocycles. The van der Waals surface area contributed by atoms with E-state index in [4.69, 9.17) is 0 Å². The van der Waals surface area contributed by atoms with E-state index in [1.807, 2.05) is 32.0 Å². The Kier molecular flexibility index (Phi) is 7.22.